The highest BCUT2D eigenvalue weighted by atomic mass is 19.2. The zero-order chi connectivity index (χ0) is 16.9. The molecule has 1 fully saturated rings. The number of hydrogen-bond acceptors (Lipinski definition) is 3. The van der Waals surface area contributed by atoms with E-state index in [0.717, 1.165) is 23.6 Å². The fraction of sp³-hybridized carbons (Fsp3) is 0.438. The maximum absolute atomic E-state index is 15.2. The van der Waals surface area contributed by atoms with Crippen molar-refractivity contribution in [2.24, 2.45) is 0 Å². The molecule has 2 heterocycles. The number of carbonyl (C=O) groups is 1. The number of anilines is 1. The Morgan fingerprint density at radius 2 is 1.91 bits per heavy atom. The first kappa shape index (κ1) is 15.8. The molecule has 7 heteroatoms. The number of halogens is 2. The lowest BCUT2D eigenvalue weighted by molar-refractivity contribution is -0.124. The molecule has 0 N–H and O–H groups in total. The molecule has 1 aromatic rings. The number of benzene rings is 1. The molecule has 0 aromatic heterocycles. The lowest BCUT2D eigenvalue weighted by Crippen LogP contribution is -2.60. The standard InChI is InChI=1S/C16H21BF2N3O/c1-5-21(6-2)13-8-7-12-9-15-16(23)20(4)11(3)22(15)17(18,19)14(12)10-13/h7-11H,5-6H2,1-4H3/q-1. The number of hydrogen-bond donors (Lipinski definition) is 0. The number of rotatable bonds is 3. The van der Waals surface area contributed by atoms with Gasteiger partial charge in [-0.15, -0.1) is 5.46 Å². The van der Waals surface area contributed by atoms with Crippen molar-refractivity contribution in [3.05, 3.63) is 29.5 Å². The monoisotopic (exact) mass is 320 g/mol. The lowest BCUT2D eigenvalue weighted by Gasteiger charge is -2.45. The second kappa shape index (κ2) is 5.25. The molecule has 1 amide bonds. The highest BCUT2D eigenvalue weighted by Crippen LogP contribution is 2.36. The first-order chi connectivity index (χ1) is 10.8. The van der Waals surface area contributed by atoms with Gasteiger partial charge in [0.2, 0.25) is 0 Å². The summed E-state index contributed by atoms with van der Waals surface area (Å²) < 4.78 is 30.3. The summed E-state index contributed by atoms with van der Waals surface area (Å²) in [5.41, 5.74) is 1.34. The SMILES string of the molecule is CCN(CC)c1ccc2c(c1)[B-](F)(F)N1C(=C2)C(=O)N(C)C1C. The Labute approximate surface area is 135 Å². The number of nitrogens with zero attached hydrogens (tertiary/aromatic N) is 3. The van der Waals surface area contributed by atoms with Gasteiger partial charge in [0.1, 0.15) is 0 Å². The van der Waals surface area contributed by atoms with Gasteiger partial charge >= 0.3 is 6.84 Å². The molecule has 1 atom stereocenters. The van der Waals surface area contributed by atoms with E-state index in [0.29, 0.717) is 5.56 Å². The molecule has 2 aliphatic rings. The van der Waals surface area contributed by atoms with Gasteiger partial charge in [0.15, 0.2) is 0 Å². The van der Waals surface area contributed by atoms with Crippen LogP contribution in [0.5, 0.6) is 0 Å². The summed E-state index contributed by atoms with van der Waals surface area (Å²) in [5, 5.41) is 0. The second-order valence-corrected chi connectivity index (χ2v) is 6.10. The van der Waals surface area contributed by atoms with Gasteiger partial charge in [0.05, 0.1) is 11.9 Å². The predicted molar refractivity (Wildman–Crippen MR) is 89.7 cm³/mol. The Balaban J connectivity index is 2.14. The third-order valence-electron chi connectivity index (χ3n) is 5.00. The summed E-state index contributed by atoms with van der Waals surface area (Å²) in [5.74, 6) is -0.350. The number of likely N-dealkylation sites (N-methyl/N-ethyl adjacent to an activating group) is 1. The van der Waals surface area contributed by atoms with E-state index in [1.807, 2.05) is 24.8 Å². The molecule has 0 saturated carbocycles. The minimum absolute atomic E-state index is 0.0214. The Hall–Kier alpha value is -2.05. The van der Waals surface area contributed by atoms with Gasteiger partial charge in [0.25, 0.3) is 5.91 Å². The highest BCUT2D eigenvalue weighted by Gasteiger charge is 2.49. The van der Waals surface area contributed by atoms with Gasteiger partial charge in [-0.3, -0.25) is 4.79 Å². The zero-order valence-electron chi connectivity index (χ0n) is 13.9. The molecule has 0 radical (unpaired) electrons. The van der Waals surface area contributed by atoms with E-state index < -0.39 is 13.0 Å². The quantitative estimate of drug-likeness (QED) is 0.798. The van der Waals surface area contributed by atoms with E-state index in [-0.39, 0.29) is 17.1 Å². The van der Waals surface area contributed by atoms with Crippen molar-refractivity contribution in [1.29, 1.82) is 0 Å². The molecule has 124 valence electrons. The minimum Gasteiger partial charge on any atom is -0.464 e. The molecule has 1 saturated heterocycles. The van der Waals surface area contributed by atoms with Crippen molar-refractivity contribution in [3.63, 3.8) is 0 Å². The molecule has 0 bridgehead atoms. The van der Waals surface area contributed by atoms with Crippen LogP contribution in [0.2, 0.25) is 0 Å². The van der Waals surface area contributed by atoms with E-state index >= 15 is 8.63 Å². The smallest absolute Gasteiger partial charge is 0.443 e. The summed E-state index contributed by atoms with van der Waals surface area (Å²) in [7, 11) is 1.56. The average Bonchev–Trinajstić information content (AvgIpc) is 2.74. The Morgan fingerprint density at radius 1 is 1.26 bits per heavy atom. The third kappa shape index (κ3) is 2.13. The van der Waals surface area contributed by atoms with Crippen molar-refractivity contribution in [3.8, 4) is 0 Å². The van der Waals surface area contributed by atoms with Crippen molar-refractivity contribution < 1.29 is 13.4 Å². The summed E-state index contributed by atoms with van der Waals surface area (Å²) >= 11 is 0. The van der Waals surface area contributed by atoms with Crippen LogP contribution in [0.3, 0.4) is 0 Å². The minimum atomic E-state index is -3.97. The Morgan fingerprint density at radius 3 is 2.52 bits per heavy atom. The van der Waals surface area contributed by atoms with Crippen molar-refractivity contribution >= 4 is 30.0 Å². The highest BCUT2D eigenvalue weighted by molar-refractivity contribution is 6.79. The van der Waals surface area contributed by atoms with Gasteiger partial charge in [-0.05, 0) is 32.9 Å². The van der Waals surface area contributed by atoms with Gasteiger partial charge in [-0.1, -0.05) is 17.7 Å². The van der Waals surface area contributed by atoms with E-state index in [2.05, 4.69) is 0 Å². The van der Waals surface area contributed by atoms with Crippen molar-refractivity contribution in [2.45, 2.75) is 26.9 Å². The Bertz CT molecular complexity index is 688. The zero-order valence-corrected chi connectivity index (χ0v) is 13.9. The predicted octanol–water partition coefficient (Wildman–Crippen LogP) is 2.09. The van der Waals surface area contributed by atoms with Crippen LogP contribution >= 0.6 is 0 Å². The van der Waals surface area contributed by atoms with Crippen LogP contribution in [0.25, 0.3) is 6.08 Å². The van der Waals surface area contributed by atoms with Crippen LogP contribution in [0.15, 0.2) is 23.9 Å². The normalized spacial score (nSPS) is 21.9. The number of fused-ring (bicyclic) bond motifs is 2. The molecule has 0 spiro atoms. The van der Waals surface area contributed by atoms with Gasteiger partial charge in [-0.2, -0.15) is 0 Å². The molecule has 2 aliphatic heterocycles. The molecule has 0 aliphatic carbocycles. The topological polar surface area (TPSA) is 26.8 Å². The number of amides is 1. The maximum atomic E-state index is 15.2. The largest absolute Gasteiger partial charge is 0.464 e. The van der Waals surface area contributed by atoms with Crippen LogP contribution in [-0.2, 0) is 4.79 Å². The average molecular weight is 320 g/mol. The molecule has 1 unspecified atom stereocenters. The first-order valence-corrected chi connectivity index (χ1v) is 8.01. The molecule has 3 rings (SSSR count). The first-order valence-electron chi connectivity index (χ1n) is 8.01. The van der Waals surface area contributed by atoms with Crippen LogP contribution in [0, 0.1) is 0 Å². The van der Waals surface area contributed by atoms with Crippen molar-refractivity contribution in [2.75, 3.05) is 25.0 Å². The maximum Gasteiger partial charge on any atom is 0.443 e. The van der Waals surface area contributed by atoms with E-state index in [1.165, 1.54) is 4.90 Å². The fourth-order valence-electron chi connectivity index (χ4n) is 3.51. The second-order valence-electron chi connectivity index (χ2n) is 6.10. The number of carbonyl (C=O) groups excluding carboxylic acids is 1. The Kier molecular flexibility index (Phi) is 3.61. The van der Waals surface area contributed by atoms with E-state index in [1.54, 1.807) is 32.2 Å². The van der Waals surface area contributed by atoms with E-state index in [4.69, 9.17) is 0 Å². The summed E-state index contributed by atoms with van der Waals surface area (Å²) in [6.07, 6.45) is 0.942. The van der Waals surface area contributed by atoms with Gasteiger partial charge in [0, 0.05) is 25.8 Å². The molecule has 23 heavy (non-hydrogen) atoms. The van der Waals surface area contributed by atoms with Crippen LogP contribution < -0.4 is 10.4 Å². The lowest BCUT2D eigenvalue weighted by atomic mass is 9.63. The summed E-state index contributed by atoms with van der Waals surface area (Å²) in [4.78, 5) is 16.6. The summed E-state index contributed by atoms with van der Waals surface area (Å²) in [6, 6.07) is 5.11. The molecular formula is C16H21BF2N3O-. The van der Waals surface area contributed by atoms with Crippen LogP contribution in [0.1, 0.15) is 26.3 Å². The molecule has 1 aromatic carbocycles. The molecule has 4 nitrogen and oxygen atoms in total. The fourth-order valence-corrected chi connectivity index (χ4v) is 3.51. The van der Waals surface area contributed by atoms with E-state index in [9.17, 15) is 4.79 Å². The van der Waals surface area contributed by atoms with Gasteiger partial charge < -0.3 is 23.2 Å². The molecular weight excluding hydrogens is 299 g/mol. The summed E-state index contributed by atoms with van der Waals surface area (Å²) in [6.45, 7) is 3.18. The van der Waals surface area contributed by atoms with Crippen LogP contribution in [0.4, 0.5) is 14.3 Å². The third-order valence-corrected chi connectivity index (χ3v) is 5.00. The van der Waals surface area contributed by atoms with Crippen molar-refractivity contribution in [1.82, 2.24) is 9.71 Å². The van der Waals surface area contributed by atoms with Gasteiger partial charge in [-0.25, -0.2) is 0 Å². The van der Waals surface area contributed by atoms with Crippen LogP contribution in [-0.4, -0.2) is 48.8 Å².